The summed E-state index contributed by atoms with van der Waals surface area (Å²) < 4.78 is 18.7. The molecular weight excluding hydrogens is 255 g/mol. The largest absolute Gasteiger partial charge is 0.469 e. The van der Waals surface area contributed by atoms with Crippen LogP contribution in [0.1, 0.15) is 11.3 Å². The Morgan fingerprint density at radius 1 is 1.44 bits per heavy atom. The molecule has 0 spiro atoms. The maximum absolute atomic E-state index is 13.4. The van der Waals surface area contributed by atoms with E-state index in [0.29, 0.717) is 17.9 Å². The fourth-order valence-corrected chi connectivity index (χ4v) is 1.97. The number of nitrogens with two attached hydrogens (primary N) is 1. The Morgan fingerprint density at radius 3 is 2.78 bits per heavy atom. The molecule has 0 bridgehead atoms. The molecule has 0 saturated heterocycles. The van der Waals surface area contributed by atoms with Crippen molar-refractivity contribution >= 4 is 23.0 Å². The number of anilines is 2. The molecule has 96 valence electrons. The van der Waals surface area contributed by atoms with E-state index in [-0.39, 0.29) is 5.02 Å². The molecule has 0 aliphatic heterocycles. The minimum atomic E-state index is -0.475. The quantitative estimate of drug-likeness (QED) is 0.865. The van der Waals surface area contributed by atoms with Crippen LogP contribution >= 0.6 is 11.6 Å². The van der Waals surface area contributed by atoms with Gasteiger partial charge in [0.1, 0.15) is 11.6 Å². The summed E-state index contributed by atoms with van der Waals surface area (Å²) in [6.45, 7) is 2.47. The van der Waals surface area contributed by atoms with Crippen LogP contribution in [0.15, 0.2) is 28.9 Å². The van der Waals surface area contributed by atoms with E-state index in [0.717, 1.165) is 11.3 Å². The number of halogens is 2. The zero-order valence-corrected chi connectivity index (χ0v) is 11.0. The van der Waals surface area contributed by atoms with E-state index in [1.54, 1.807) is 6.26 Å². The van der Waals surface area contributed by atoms with Gasteiger partial charge in [-0.1, -0.05) is 11.6 Å². The standard InChI is InChI=1S/C13H14ClFN2O/c1-8-9(3-4-18-8)7-17(2)13-6-11(15)10(14)5-12(13)16/h3-6H,7,16H2,1-2H3. The van der Waals surface area contributed by atoms with Crippen LogP contribution in [0.4, 0.5) is 15.8 Å². The minimum absolute atomic E-state index is 0.0316. The topological polar surface area (TPSA) is 42.4 Å². The van der Waals surface area contributed by atoms with Crippen LogP contribution in [0.3, 0.4) is 0 Å². The summed E-state index contributed by atoms with van der Waals surface area (Å²) in [5, 5.41) is 0.0316. The number of nitrogens with zero attached hydrogens (tertiary/aromatic N) is 1. The van der Waals surface area contributed by atoms with Gasteiger partial charge < -0.3 is 15.1 Å². The van der Waals surface area contributed by atoms with Crippen LogP contribution < -0.4 is 10.6 Å². The number of aryl methyl sites for hydroxylation is 1. The highest BCUT2D eigenvalue weighted by atomic mass is 35.5. The summed E-state index contributed by atoms with van der Waals surface area (Å²) in [5.74, 6) is 0.367. The molecule has 1 aromatic heterocycles. The lowest BCUT2D eigenvalue weighted by atomic mass is 10.2. The van der Waals surface area contributed by atoms with Crippen molar-refractivity contribution in [3.05, 3.63) is 46.6 Å². The molecule has 0 unspecified atom stereocenters. The van der Waals surface area contributed by atoms with Gasteiger partial charge >= 0.3 is 0 Å². The smallest absolute Gasteiger partial charge is 0.144 e. The molecule has 0 radical (unpaired) electrons. The Bertz CT molecular complexity index is 568. The van der Waals surface area contributed by atoms with Gasteiger partial charge in [0.15, 0.2) is 0 Å². The molecule has 1 heterocycles. The summed E-state index contributed by atoms with van der Waals surface area (Å²) in [5.41, 5.74) is 7.93. The third-order valence-electron chi connectivity index (χ3n) is 2.85. The summed E-state index contributed by atoms with van der Waals surface area (Å²) in [7, 11) is 1.84. The van der Waals surface area contributed by atoms with Gasteiger partial charge in [-0.2, -0.15) is 0 Å². The van der Waals surface area contributed by atoms with Gasteiger partial charge in [0.05, 0.1) is 22.7 Å². The number of benzene rings is 1. The first-order valence-electron chi connectivity index (χ1n) is 5.47. The van der Waals surface area contributed by atoms with E-state index in [1.165, 1.54) is 12.1 Å². The number of hydrogen-bond acceptors (Lipinski definition) is 3. The van der Waals surface area contributed by atoms with Gasteiger partial charge in [0.2, 0.25) is 0 Å². The molecule has 2 N–H and O–H groups in total. The second kappa shape index (κ2) is 4.90. The SMILES string of the molecule is Cc1occc1CN(C)c1cc(F)c(Cl)cc1N. The molecule has 3 nitrogen and oxygen atoms in total. The normalized spacial score (nSPS) is 10.7. The van der Waals surface area contributed by atoms with E-state index < -0.39 is 5.82 Å². The third kappa shape index (κ3) is 2.43. The van der Waals surface area contributed by atoms with Crippen LogP contribution in [0.2, 0.25) is 5.02 Å². The van der Waals surface area contributed by atoms with Gasteiger partial charge in [0.25, 0.3) is 0 Å². The summed E-state index contributed by atoms with van der Waals surface area (Å²) >= 11 is 5.67. The zero-order valence-electron chi connectivity index (χ0n) is 10.2. The summed E-state index contributed by atoms with van der Waals surface area (Å²) in [6, 6.07) is 4.65. The predicted octanol–water partition coefficient (Wildman–Crippen LogP) is 3.60. The highest BCUT2D eigenvalue weighted by Crippen LogP contribution is 2.29. The lowest BCUT2D eigenvalue weighted by Crippen LogP contribution is -2.18. The first-order valence-corrected chi connectivity index (χ1v) is 5.85. The van der Waals surface area contributed by atoms with Crippen molar-refractivity contribution in [2.45, 2.75) is 13.5 Å². The Hall–Kier alpha value is -1.68. The molecule has 2 rings (SSSR count). The number of nitrogen functional groups attached to an aromatic ring is 1. The molecule has 2 aromatic rings. The van der Waals surface area contributed by atoms with Gasteiger partial charge in [-0.3, -0.25) is 0 Å². The van der Waals surface area contributed by atoms with Crippen molar-refractivity contribution in [2.75, 3.05) is 17.7 Å². The van der Waals surface area contributed by atoms with Crippen molar-refractivity contribution < 1.29 is 8.81 Å². The Balaban J connectivity index is 2.26. The monoisotopic (exact) mass is 268 g/mol. The highest BCUT2D eigenvalue weighted by Gasteiger charge is 2.12. The van der Waals surface area contributed by atoms with E-state index in [9.17, 15) is 4.39 Å². The molecule has 1 aromatic carbocycles. The molecule has 5 heteroatoms. The van der Waals surface area contributed by atoms with Crippen LogP contribution in [0, 0.1) is 12.7 Å². The number of hydrogen-bond donors (Lipinski definition) is 1. The second-order valence-electron chi connectivity index (χ2n) is 4.18. The molecular formula is C13H14ClFN2O. The maximum Gasteiger partial charge on any atom is 0.144 e. The first kappa shape index (κ1) is 12.8. The third-order valence-corrected chi connectivity index (χ3v) is 3.14. The van der Waals surface area contributed by atoms with Gasteiger partial charge in [-0.05, 0) is 19.1 Å². The minimum Gasteiger partial charge on any atom is -0.469 e. The molecule has 0 atom stereocenters. The van der Waals surface area contributed by atoms with Crippen molar-refractivity contribution in [1.82, 2.24) is 0 Å². The Morgan fingerprint density at radius 2 is 2.17 bits per heavy atom. The van der Waals surface area contributed by atoms with Crippen molar-refractivity contribution in [1.29, 1.82) is 0 Å². The fraction of sp³-hybridized carbons (Fsp3) is 0.231. The molecule has 0 aliphatic rings. The zero-order chi connectivity index (χ0) is 13.3. The Labute approximate surface area is 110 Å². The van der Waals surface area contributed by atoms with Crippen LogP contribution in [-0.2, 0) is 6.54 Å². The van der Waals surface area contributed by atoms with Crippen molar-refractivity contribution in [2.24, 2.45) is 0 Å². The van der Waals surface area contributed by atoms with Crippen molar-refractivity contribution in [3.63, 3.8) is 0 Å². The van der Waals surface area contributed by atoms with E-state index in [4.69, 9.17) is 21.8 Å². The van der Waals surface area contributed by atoms with Crippen LogP contribution in [0.25, 0.3) is 0 Å². The molecule has 0 saturated carbocycles. The average molecular weight is 269 g/mol. The number of rotatable bonds is 3. The average Bonchev–Trinajstić information content (AvgIpc) is 2.69. The molecule has 0 amide bonds. The van der Waals surface area contributed by atoms with Gasteiger partial charge in [0, 0.05) is 25.2 Å². The summed E-state index contributed by atoms with van der Waals surface area (Å²) in [4.78, 5) is 1.85. The van der Waals surface area contributed by atoms with E-state index in [2.05, 4.69) is 0 Å². The maximum atomic E-state index is 13.4. The molecule has 0 fully saturated rings. The van der Waals surface area contributed by atoms with Crippen molar-refractivity contribution in [3.8, 4) is 0 Å². The molecule has 0 aliphatic carbocycles. The predicted molar refractivity (Wildman–Crippen MR) is 71.4 cm³/mol. The van der Waals surface area contributed by atoms with E-state index >= 15 is 0 Å². The van der Waals surface area contributed by atoms with Gasteiger partial charge in [-0.25, -0.2) is 4.39 Å². The highest BCUT2D eigenvalue weighted by molar-refractivity contribution is 6.31. The van der Waals surface area contributed by atoms with Gasteiger partial charge in [-0.15, -0.1) is 0 Å². The number of furan rings is 1. The first-order chi connectivity index (χ1) is 8.49. The lowest BCUT2D eigenvalue weighted by Gasteiger charge is -2.21. The Kier molecular flexibility index (Phi) is 3.48. The van der Waals surface area contributed by atoms with Crippen LogP contribution in [0.5, 0.6) is 0 Å². The van der Waals surface area contributed by atoms with E-state index in [1.807, 2.05) is 24.9 Å². The van der Waals surface area contributed by atoms with Crippen LogP contribution in [-0.4, -0.2) is 7.05 Å². The second-order valence-corrected chi connectivity index (χ2v) is 4.59. The molecule has 18 heavy (non-hydrogen) atoms. The summed E-state index contributed by atoms with van der Waals surface area (Å²) in [6.07, 6.45) is 1.63. The fourth-order valence-electron chi connectivity index (χ4n) is 1.80. The lowest BCUT2D eigenvalue weighted by molar-refractivity contribution is 0.529.